The zero-order valence-corrected chi connectivity index (χ0v) is 12.0. The van der Waals surface area contributed by atoms with Crippen molar-refractivity contribution in [3.05, 3.63) is 54.2 Å². The molecule has 0 radical (unpaired) electrons. The van der Waals surface area contributed by atoms with Gasteiger partial charge in [-0.05, 0) is 36.4 Å². The van der Waals surface area contributed by atoms with Crippen molar-refractivity contribution in [2.45, 2.75) is 6.61 Å². The molecule has 0 fully saturated rings. The number of nitrogens with zero attached hydrogens (tertiary/aromatic N) is 1. The van der Waals surface area contributed by atoms with E-state index in [1.807, 2.05) is 54.1 Å². The smallest absolute Gasteiger partial charge is 0.139 e. The minimum Gasteiger partial charge on any atom is -0.506 e. The number of fused-ring (bicyclic) bond motifs is 1. The van der Waals surface area contributed by atoms with Crippen LogP contribution in [0.4, 0.5) is 0 Å². The van der Waals surface area contributed by atoms with E-state index in [1.165, 1.54) is 0 Å². The van der Waals surface area contributed by atoms with E-state index >= 15 is 0 Å². The molecule has 0 saturated carbocycles. The van der Waals surface area contributed by atoms with E-state index in [2.05, 4.69) is 0 Å². The van der Waals surface area contributed by atoms with E-state index in [0.717, 1.165) is 28.1 Å². The summed E-state index contributed by atoms with van der Waals surface area (Å²) in [7, 11) is 3.56. The molecule has 0 aliphatic heterocycles. The highest BCUT2D eigenvalue weighted by Gasteiger charge is 2.09. The van der Waals surface area contributed by atoms with Crippen molar-refractivity contribution in [3.63, 3.8) is 0 Å². The summed E-state index contributed by atoms with van der Waals surface area (Å²) in [6.07, 6.45) is 0. The van der Waals surface area contributed by atoms with Gasteiger partial charge in [-0.15, -0.1) is 0 Å². The first-order chi connectivity index (χ1) is 10.2. The number of benzene rings is 2. The summed E-state index contributed by atoms with van der Waals surface area (Å²) >= 11 is 0. The molecule has 1 heterocycles. The van der Waals surface area contributed by atoms with Crippen LogP contribution in [0.1, 0.15) is 5.69 Å². The van der Waals surface area contributed by atoms with E-state index in [9.17, 15) is 5.11 Å². The molecular formula is C17H17NO3. The summed E-state index contributed by atoms with van der Waals surface area (Å²) in [6.45, 7) is 0.441. The van der Waals surface area contributed by atoms with Crippen molar-refractivity contribution in [1.82, 2.24) is 4.57 Å². The molecule has 108 valence electrons. The predicted molar refractivity (Wildman–Crippen MR) is 81.9 cm³/mol. The second-order valence-electron chi connectivity index (χ2n) is 4.87. The van der Waals surface area contributed by atoms with Gasteiger partial charge in [0.15, 0.2) is 0 Å². The Labute approximate surface area is 123 Å². The molecule has 0 aliphatic carbocycles. The van der Waals surface area contributed by atoms with E-state index in [1.54, 1.807) is 13.2 Å². The normalized spacial score (nSPS) is 10.8. The van der Waals surface area contributed by atoms with Crippen LogP contribution in [0, 0.1) is 0 Å². The quantitative estimate of drug-likeness (QED) is 0.797. The Morgan fingerprint density at radius 1 is 1.05 bits per heavy atom. The van der Waals surface area contributed by atoms with Crippen LogP contribution in [0.3, 0.4) is 0 Å². The molecule has 1 N–H and O–H groups in total. The minimum absolute atomic E-state index is 0.283. The number of hydrogen-bond acceptors (Lipinski definition) is 3. The predicted octanol–water partition coefficient (Wildman–Crippen LogP) is 3.47. The fourth-order valence-electron chi connectivity index (χ4n) is 2.42. The molecule has 4 nitrogen and oxygen atoms in total. The highest BCUT2D eigenvalue weighted by molar-refractivity contribution is 5.86. The van der Waals surface area contributed by atoms with Crippen LogP contribution in [0.25, 0.3) is 10.9 Å². The van der Waals surface area contributed by atoms with E-state index in [0.29, 0.717) is 6.61 Å². The van der Waals surface area contributed by atoms with Crippen molar-refractivity contribution in [2.24, 2.45) is 7.05 Å². The summed E-state index contributed by atoms with van der Waals surface area (Å²) in [5.74, 6) is 1.87. The monoisotopic (exact) mass is 283 g/mol. The van der Waals surface area contributed by atoms with Gasteiger partial charge in [-0.3, -0.25) is 0 Å². The standard InChI is InChI=1S/C17H17NO3/c1-18-13(10-12-4-3-5-16(19)17(12)18)11-21-15-8-6-14(20-2)7-9-15/h3-10,19H,11H2,1-2H3. The molecule has 4 heteroatoms. The number of phenols is 1. The molecule has 0 unspecified atom stereocenters. The lowest BCUT2D eigenvalue weighted by Gasteiger charge is -2.08. The molecule has 0 saturated heterocycles. The summed E-state index contributed by atoms with van der Waals surface area (Å²) in [4.78, 5) is 0. The highest BCUT2D eigenvalue weighted by atomic mass is 16.5. The second-order valence-corrected chi connectivity index (χ2v) is 4.87. The fourth-order valence-corrected chi connectivity index (χ4v) is 2.42. The van der Waals surface area contributed by atoms with E-state index in [-0.39, 0.29) is 5.75 Å². The average molecular weight is 283 g/mol. The number of phenolic OH excluding ortho intramolecular Hbond substituents is 1. The van der Waals surface area contributed by atoms with Gasteiger partial charge in [-0.1, -0.05) is 12.1 Å². The van der Waals surface area contributed by atoms with Crippen molar-refractivity contribution in [3.8, 4) is 17.2 Å². The summed E-state index contributed by atoms with van der Waals surface area (Å²) in [5.41, 5.74) is 1.83. The molecule has 0 amide bonds. The lowest BCUT2D eigenvalue weighted by atomic mass is 10.2. The summed E-state index contributed by atoms with van der Waals surface area (Å²) < 4.78 is 12.9. The lowest BCUT2D eigenvalue weighted by Crippen LogP contribution is -2.01. The van der Waals surface area contributed by atoms with Crippen LogP contribution in [0.2, 0.25) is 0 Å². The highest BCUT2D eigenvalue weighted by Crippen LogP contribution is 2.27. The molecule has 0 atom stereocenters. The second kappa shape index (κ2) is 5.40. The number of aromatic hydroxyl groups is 1. The SMILES string of the molecule is COc1ccc(OCc2cc3cccc(O)c3n2C)cc1. The van der Waals surface area contributed by atoms with Gasteiger partial charge in [0.05, 0.1) is 18.3 Å². The number of rotatable bonds is 4. The third-order valence-electron chi connectivity index (χ3n) is 3.58. The zero-order valence-electron chi connectivity index (χ0n) is 12.0. The van der Waals surface area contributed by atoms with Crippen molar-refractivity contribution < 1.29 is 14.6 Å². The van der Waals surface area contributed by atoms with Gasteiger partial charge < -0.3 is 19.1 Å². The molecule has 1 aromatic heterocycles. The molecule has 3 aromatic rings. The Hall–Kier alpha value is -2.62. The van der Waals surface area contributed by atoms with Crippen molar-refractivity contribution in [1.29, 1.82) is 0 Å². The van der Waals surface area contributed by atoms with E-state index in [4.69, 9.17) is 9.47 Å². The van der Waals surface area contributed by atoms with Crippen LogP contribution in [0.5, 0.6) is 17.2 Å². The number of hydrogen-bond donors (Lipinski definition) is 1. The van der Waals surface area contributed by atoms with Crippen molar-refractivity contribution >= 4 is 10.9 Å². The van der Waals surface area contributed by atoms with Crippen LogP contribution in [-0.2, 0) is 13.7 Å². The van der Waals surface area contributed by atoms with Gasteiger partial charge >= 0.3 is 0 Å². The van der Waals surface area contributed by atoms with Gasteiger partial charge in [0.1, 0.15) is 23.9 Å². The maximum Gasteiger partial charge on any atom is 0.139 e. The average Bonchev–Trinajstić information content (AvgIpc) is 2.83. The third kappa shape index (κ3) is 2.52. The van der Waals surface area contributed by atoms with E-state index < -0.39 is 0 Å². The van der Waals surface area contributed by atoms with Gasteiger partial charge in [-0.2, -0.15) is 0 Å². The zero-order chi connectivity index (χ0) is 14.8. The first kappa shape index (κ1) is 13.4. The molecule has 0 spiro atoms. The molecule has 0 bridgehead atoms. The van der Waals surface area contributed by atoms with Gasteiger partial charge in [0, 0.05) is 12.4 Å². The Morgan fingerprint density at radius 3 is 2.43 bits per heavy atom. The number of para-hydroxylation sites is 1. The Bertz CT molecular complexity index is 760. The Balaban J connectivity index is 1.81. The number of methoxy groups -OCH3 is 1. The van der Waals surface area contributed by atoms with Crippen molar-refractivity contribution in [2.75, 3.05) is 7.11 Å². The fraction of sp³-hybridized carbons (Fsp3) is 0.176. The molecule has 0 aliphatic rings. The van der Waals surface area contributed by atoms with Crippen LogP contribution in [0.15, 0.2) is 48.5 Å². The largest absolute Gasteiger partial charge is 0.506 e. The summed E-state index contributed by atoms with van der Waals surface area (Å²) in [6, 6.07) is 15.0. The maximum atomic E-state index is 9.93. The Kier molecular flexibility index (Phi) is 3.44. The first-order valence-corrected chi connectivity index (χ1v) is 6.72. The van der Waals surface area contributed by atoms with Gasteiger partial charge in [0.25, 0.3) is 0 Å². The first-order valence-electron chi connectivity index (χ1n) is 6.72. The molecule has 3 rings (SSSR count). The van der Waals surface area contributed by atoms with Gasteiger partial charge in [0.2, 0.25) is 0 Å². The van der Waals surface area contributed by atoms with Crippen LogP contribution in [-0.4, -0.2) is 16.8 Å². The number of ether oxygens (including phenoxy) is 2. The molecular weight excluding hydrogens is 266 g/mol. The topological polar surface area (TPSA) is 43.6 Å². The number of aryl methyl sites for hydroxylation is 1. The summed E-state index contributed by atoms with van der Waals surface area (Å²) in [5, 5.41) is 10.9. The molecule has 21 heavy (non-hydrogen) atoms. The molecule has 2 aromatic carbocycles. The number of aromatic nitrogens is 1. The Morgan fingerprint density at radius 2 is 1.76 bits per heavy atom. The van der Waals surface area contributed by atoms with Gasteiger partial charge in [-0.25, -0.2) is 0 Å². The maximum absolute atomic E-state index is 9.93. The third-order valence-corrected chi connectivity index (χ3v) is 3.58. The lowest BCUT2D eigenvalue weighted by molar-refractivity contribution is 0.297. The van der Waals surface area contributed by atoms with Crippen LogP contribution >= 0.6 is 0 Å². The minimum atomic E-state index is 0.283. The van der Waals surface area contributed by atoms with Crippen LogP contribution < -0.4 is 9.47 Å².